The van der Waals surface area contributed by atoms with Gasteiger partial charge >= 0.3 is 6.18 Å². The molecule has 0 atom stereocenters. The maximum Gasteiger partial charge on any atom is 0.417 e. The summed E-state index contributed by atoms with van der Waals surface area (Å²) in [6, 6.07) is 5.55. The maximum atomic E-state index is 12.6. The van der Waals surface area contributed by atoms with E-state index in [2.05, 4.69) is 15.3 Å². The quantitative estimate of drug-likeness (QED) is 0.822. The Morgan fingerprint density at radius 3 is 2.38 bits per heavy atom. The van der Waals surface area contributed by atoms with Crippen molar-refractivity contribution in [1.29, 1.82) is 0 Å². The Kier molecular flexibility index (Phi) is 5.31. The van der Waals surface area contributed by atoms with Gasteiger partial charge in [-0.05, 0) is 37.1 Å². The van der Waals surface area contributed by atoms with Gasteiger partial charge < -0.3 is 10.2 Å². The molecule has 1 amide bonds. The molecule has 0 aliphatic carbocycles. The van der Waals surface area contributed by atoms with Crippen LogP contribution >= 0.6 is 11.6 Å². The fourth-order valence-electron chi connectivity index (χ4n) is 2.77. The van der Waals surface area contributed by atoms with Crippen LogP contribution in [0.15, 0.2) is 36.7 Å². The van der Waals surface area contributed by atoms with Gasteiger partial charge in [0, 0.05) is 31.5 Å². The van der Waals surface area contributed by atoms with Crippen LogP contribution in [0.3, 0.4) is 0 Å². The molecule has 1 aliphatic rings. The third-order valence-corrected chi connectivity index (χ3v) is 4.44. The second kappa shape index (κ2) is 7.49. The highest BCUT2D eigenvalue weighted by atomic mass is 35.5. The minimum atomic E-state index is -4.39. The summed E-state index contributed by atoms with van der Waals surface area (Å²) in [5, 5.41) is 3.26. The Hall–Kier alpha value is -2.35. The first kappa shape index (κ1) is 18.4. The molecule has 0 spiro atoms. The molecule has 1 fully saturated rings. The van der Waals surface area contributed by atoms with Crippen molar-refractivity contribution in [3.8, 4) is 0 Å². The van der Waals surface area contributed by atoms with Crippen molar-refractivity contribution in [2.75, 3.05) is 18.0 Å². The first-order chi connectivity index (χ1) is 12.3. The lowest BCUT2D eigenvalue weighted by molar-refractivity contribution is -0.137. The van der Waals surface area contributed by atoms with Crippen molar-refractivity contribution < 1.29 is 18.0 Å². The third-order valence-electron chi connectivity index (χ3n) is 4.22. The van der Waals surface area contributed by atoms with Crippen LogP contribution in [0, 0.1) is 0 Å². The molecular formula is C17H16ClF3N4O. The van der Waals surface area contributed by atoms with Crippen molar-refractivity contribution in [2.45, 2.75) is 25.1 Å². The number of hydrogen-bond donors (Lipinski definition) is 1. The predicted octanol–water partition coefficient (Wildman–Crippen LogP) is 3.55. The van der Waals surface area contributed by atoms with Gasteiger partial charge in [0.2, 0.25) is 0 Å². The fourth-order valence-corrected chi connectivity index (χ4v) is 2.88. The minimum absolute atomic E-state index is 0.0103. The van der Waals surface area contributed by atoms with Gasteiger partial charge in [0.15, 0.2) is 0 Å². The number of nitrogens with one attached hydrogen (secondary N) is 1. The zero-order valence-electron chi connectivity index (χ0n) is 13.6. The minimum Gasteiger partial charge on any atom is -0.356 e. The average molecular weight is 385 g/mol. The maximum absolute atomic E-state index is 12.6. The topological polar surface area (TPSA) is 58.1 Å². The Bertz CT molecular complexity index is 757. The Morgan fingerprint density at radius 1 is 1.12 bits per heavy atom. The summed E-state index contributed by atoms with van der Waals surface area (Å²) >= 11 is 5.70. The van der Waals surface area contributed by atoms with E-state index in [1.807, 2.05) is 4.90 Å². The van der Waals surface area contributed by atoms with Gasteiger partial charge in [0.1, 0.15) is 11.0 Å². The molecule has 5 nitrogen and oxygen atoms in total. The third kappa shape index (κ3) is 4.43. The molecule has 9 heteroatoms. The molecule has 2 aromatic heterocycles. The van der Waals surface area contributed by atoms with Crippen LogP contribution in [0.25, 0.3) is 0 Å². The van der Waals surface area contributed by atoms with E-state index in [1.165, 1.54) is 12.3 Å². The number of nitrogens with zero attached hydrogens (tertiary/aromatic N) is 3. The molecule has 1 saturated heterocycles. The van der Waals surface area contributed by atoms with Crippen molar-refractivity contribution >= 4 is 23.3 Å². The number of amides is 1. The van der Waals surface area contributed by atoms with E-state index < -0.39 is 11.7 Å². The van der Waals surface area contributed by atoms with E-state index in [0.717, 1.165) is 12.3 Å². The van der Waals surface area contributed by atoms with Gasteiger partial charge in [0.25, 0.3) is 5.91 Å². The zero-order valence-corrected chi connectivity index (χ0v) is 14.4. The number of halogens is 4. The highest BCUT2D eigenvalue weighted by molar-refractivity contribution is 6.29. The smallest absolute Gasteiger partial charge is 0.356 e. The van der Waals surface area contributed by atoms with Gasteiger partial charge in [-0.15, -0.1) is 0 Å². The van der Waals surface area contributed by atoms with Crippen molar-refractivity contribution in [1.82, 2.24) is 15.3 Å². The number of rotatable bonds is 3. The molecule has 138 valence electrons. The molecule has 0 bridgehead atoms. The molecule has 26 heavy (non-hydrogen) atoms. The molecule has 3 heterocycles. The van der Waals surface area contributed by atoms with Crippen LogP contribution in [0.4, 0.5) is 19.0 Å². The van der Waals surface area contributed by atoms with Crippen LogP contribution in [-0.2, 0) is 6.18 Å². The van der Waals surface area contributed by atoms with E-state index in [-0.39, 0.29) is 11.9 Å². The van der Waals surface area contributed by atoms with Gasteiger partial charge in [-0.3, -0.25) is 4.79 Å². The predicted molar refractivity (Wildman–Crippen MR) is 91.2 cm³/mol. The van der Waals surface area contributed by atoms with Gasteiger partial charge in [-0.25, -0.2) is 9.97 Å². The lowest BCUT2D eigenvalue weighted by Crippen LogP contribution is -2.45. The van der Waals surface area contributed by atoms with E-state index in [1.54, 1.807) is 12.1 Å². The number of pyridine rings is 2. The Labute approximate surface area is 153 Å². The monoisotopic (exact) mass is 384 g/mol. The molecule has 1 N–H and O–H groups in total. The summed E-state index contributed by atoms with van der Waals surface area (Å²) in [5.41, 5.74) is -0.332. The molecule has 0 aromatic carbocycles. The van der Waals surface area contributed by atoms with Crippen molar-refractivity contribution in [3.05, 3.63) is 52.9 Å². The summed E-state index contributed by atoms with van der Waals surface area (Å²) in [7, 11) is 0. The van der Waals surface area contributed by atoms with Crippen LogP contribution in [0.2, 0.25) is 5.15 Å². The lowest BCUT2D eigenvalue weighted by Gasteiger charge is -2.33. The van der Waals surface area contributed by atoms with Crippen LogP contribution in [-0.4, -0.2) is 35.0 Å². The molecule has 0 unspecified atom stereocenters. The number of carbonyl (C=O) groups excluding carboxylic acids is 1. The summed E-state index contributed by atoms with van der Waals surface area (Å²) < 4.78 is 37.8. The zero-order chi connectivity index (χ0) is 18.7. The second-order valence-electron chi connectivity index (χ2n) is 6.01. The first-order valence-corrected chi connectivity index (χ1v) is 8.41. The van der Waals surface area contributed by atoms with E-state index in [4.69, 9.17) is 11.6 Å². The van der Waals surface area contributed by atoms with Crippen LogP contribution in [0.5, 0.6) is 0 Å². The standard InChI is InChI=1S/C17H16ClF3N4O/c18-14-3-1-11(9-22-14)16(26)24-13-5-7-25(8-6-13)15-4-2-12(10-23-15)17(19,20)21/h1-4,9-10,13H,5-8H2,(H,24,26). The number of carbonyl (C=O) groups is 1. The highest BCUT2D eigenvalue weighted by Crippen LogP contribution is 2.29. The Morgan fingerprint density at radius 2 is 1.85 bits per heavy atom. The SMILES string of the molecule is O=C(NC1CCN(c2ccc(C(F)(F)F)cn2)CC1)c1ccc(Cl)nc1. The number of anilines is 1. The summed E-state index contributed by atoms with van der Waals surface area (Å²) in [5.74, 6) is 0.282. The summed E-state index contributed by atoms with van der Waals surface area (Å²) in [4.78, 5) is 21.9. The summed E-state index contributed by atoms with van der Waals surface area (Å²) in [6.45, 7) is 1.20. The highest BCUT2D eigenvalue weighted by Gasteiger charge is 2.31. The van der Waals surface area contributed by atoms with E-state index in [9.17, 15) is 18.0 Å². The van der Waals surface area contributed by atoms with Crippen LogP contribution in [0.1, 0.15) is 28.8 Å². The number of piperidine rings is 1. The molecular weight excluding hydrogens is 369 g/mol. The normalized spacial score (nSPS) is 15.8. The number of hydrogen-bond acceptors (Lipinski definition) is 4. The fraction of sp³-hybridized carbons (Fsp3) is 0.353. The molecule has 1 aliphatic heterocycles. The second-order valence-corrected chi connectivity index (χ2v) is 6.39. The van der Waals surface area contributed by atoms with Gasteiger partial charge in [0.05, 0.1) is 11.1 Å². The average Bonchev–Trinajstić information content (AvgIpc) is 2.62. The molecule has 2 aromatic rings. The van der Waals surface area contributed by atoms with Crippen molar-refractivity contribution in [2.24, 2.45) is 0 Å². The molecule has 0 radical (unpaired) electrons. The lowest BCUT2D eigenvalue weighted by atomic mass is 10.0. The van der Waals surface area contributed by atoms with Gasteiger partial charge in [-0.2, -0.15) is 13.2 Å². The Balaban J connectivity index is 1.54. The van der Waals surface area contributed by atoms with Crippen molar-refractivity contribution in [3.63, 3.8) is 0 Å². The molecule has 0 saturated carbocycles. The first-order valence-electron chi connectivity index (χ1n) is 8.03. The molecule has 3 rings (SSSR count). The summed E-state index contributed by atoms with van der Waals surface area (Å²) in [6.07, 6.45) is -0.778. The van der Waals surface area contributed by atoms with Crippen LogP contribution < -0.4 is 10.2 Å². The van der Waals surface area contributed by atoms with E-state index >= 15 is 0 Å². The largest absolute Gasteiger partial charge is 0.417 e. The van der Waals surface area contributed by atoms with Gasteiger partial charge in [-0.1, -0.05) is 11.6 Å². The number of alkyl halides is 3. The van der Waals surface area contributed by atoms with E-state index in [0.29, 0.717) is 42.5 Å². The number of aromatic nitrogens is 2.